The van der Waals surface area contributed by atoms with Crippen molar-refractivity contribution >= 4 is 34.7 Å². The fourth-order valence-corrected chi connectivity index (χ4v) is 6.74. The van der Waals surface area contributed by atoms with E-state index in [1.807, 2.05) is 40.0 Å². The van der Waals surface area contributed by atoms with Crippen molar-refractivity contribution in [3.63, 3.8) is 0 Å². The van der Waals surface area contributed by atoms with Gasteiger partial charge in [-0.3, -0.25) is 0 Å². The standard InChI is InChI=1S/C23H29BF2N4OS/c1-7-18-13(2)21-15(4)22-14(3)20(17(6)30(22)24(25,26)29(21)16(18)5)19-12-32-23(27-19)28-8-10-31-11-9-28/h12H,7-11H2,1-6H3. The summed E-state index contributed by atoms with van der Waals surface area (Å²) >= 11 is 1.57. The Labute approximate surface area is 191 Å². The number of morpholine rings is 1. The second-order valence-electron chi connectivity index (χ2n) is 8.89. The van der Waals surface area contributed by atoms with Gasteiger partial charge in [0, 0.05) is 53.4 Å². The van der Waals surface area contributed by atoms with Gasteiger partial charge in [0.1, 0.15) is 5.71 Å². The molecule has 3 aliphatic heterocycles. The minimum absolute atomic E-state index is 0.579. The van der Waals surface area contributed by atoms with Gasteiger partial charge in [-0.25, -0.2) is 4.98 Å². The average molecular weight is 458 g/mol. The molecule has 0 saturated carbocycles. The van der Waals surface area contributed by atoms with Gasteiger partial charge in [-0.1, -0.05) is 6.92 Å². The smallest absolute Gasteiger partial charge is 0.393 e. The van der Waals surface area contributed by atoms with Crippen LogP contribution in [-0.4, -0.2) is 52.9 Å². The van der Waals surface area contributed by atoms with Crippen molar-refractivity contribution in [2.75, 3.05) is 31.2 Å². The molecular formula is C23H29BF2N4OS. The third kappa shape index (κ3) is 2.76. The van der Waals surface area contributed by atoms with E-state index in [1.54, 1.807) is 18.3 Å². The van der Waals surface area contributed by atoms with E-state index in [-0.39, 0.29) is 0 Å². The molecule has 1 fully saturated rings. The fraction of sp³-hybridized carbons (Fsp3) is 0.478. The normalized spacial score (nSPS) is 20.4. The zero-order valence-corrected chi connectivity index (χ0v) is 20.4. The molecule has 2 aromatic rings. The molecule has 0 aliphatic carbocycles. The van der Waals surface area contributed by atoms with E-state index < -0.39 is 6.97 Å². The van der Waals surface area contributed by atoms with Gasteiger partial charge in [0.15, 0.2) is 10.8 Å². The van der Waals surface area contributed by atoms with Crippen LogP contribution < -0.4 is 4.90 Å². The second-order valence-corrected chi connectivity index (χ2v) is 9.73. The predicted octanol–water partition coefficient (Wildman–Crippen LogP) is 5.25. The summed E-state index contributed by atoms with van der Waals surface area (Å²) in [5.41, 5.74) is 7.96. The lowest BCUT2D eigenvalue weighted by atomic mass is 9.86. The molecule has 3 aliphatic rings. The van der Waals surface area contributed by atoms with Crippen molar-refractivity contribution in [1.29, 1.82) is 0 Å². The van der Waals surface area contributed by atoms with E-state index in [1.165, 1.54) is 8.96 Å². The molecule has 1 saturated heterocycles. The summed E-state index contributed by atoms with van der Waals surface area (Å²) in [4.78, 5) is 7.07. The molecule has 0 N–H and O–H groups in total. The number of nitrogens with zero attached hydrogens (tertiary/aromatic N) is 4. The molecule has 32 heavy (non-hydrogen) atoms. The third-order valence-corrected chi connectivity index (χ3v) is 8.16. The van der Waals surface area contributed by atoms with Crippen LogP contribution in [0.25, 0.3) is 16.8 Å². The van der Waals surface area contributed by atoms with Crippen molar-refractivity contribution in [2.45, 2.75) is 48.0 Å². The van der Waals surface area contributed by atoms with E-state index in [0.717, 1.165) is 58.2 Å². The van der Waals surface area contributed by atoms with Crippen molar-refractivity contribution in [2.24, 2.45) is 0 Å². The Balaban J connectivity index is 1.70. The molecule has 0 atom stereocenters. The summed E-state index contributed by atoms with van der Waals surface area (Å²) in [5, 5.41) is 2.92. The van der Waals surface area contributed by atoms with Crippen LogP contribution in [0, 0.1) is 13.8 Å². The van der Waals surface area contributed by atoms with Gasteiger partial charge in [0.25, 0.3) is 0 Å². The molecule has 5 heterocycles. The van der Waals surface area contributed by atoms with Crippen molar-refractivity contribution < 1.29 is 17.9 Å². The van der Waals surface area contributed by atoms with Crippen LogP contribution in [-0.2, 0) is 4.74 Å². The van der Waals surface area contributed by atoms with Crippen molar-refractivity contribution in [3.8, 4) is 11.3 Å². The SMILES string of the molecule is CCC1=C(C)C2=C(C)c3c(C)c(-c4csc(N5CCOCC5)n4)c(C)n3[B-](F)(F)[N+]2=C1C. The Morgan fingerprint density at radius 2 is 1.81 bits per heavy atom. The van der Waals surface area contributed by atoms with Gasteiger partial charge in [-0.15, -0.1) is 11.3 Å². The number of thiazole rings is 1. The Bertz CT molecular complexity index is 1230. The lowest BCUT2D eigenvalue weighted by molar-refractivity contribution is -0.363. The fourth-order valence-electron chi connectivity index (χ4n) is 5.87. The van der Waals surface area contributed by atoms with Gasteiger partial charge in [-0.2, -0.15) is 0 Å². The lowest BCUT2D eigenvalue weighted by Crippen LogP contribution is -2.51. The number of rotatable bonds is 3. The van der Waals surface area contributed by atoms with Crippen LogP contribution in [0.5, 0.6) is 0 Å². The molecule has 0 amide bonds. The number of anilines is 1. The average Bonchev–Trinajstić information content (AvgIpc) is 3.41. The molecular weight excluding hydrogens is 429 g/mol. The minimum atomic E-state index is -4.00. The molecule has 5 rings (SSSR count). The Hall–Kier alpha value is -2.26. The van der Waals surface area contributed by atoms with Crippen LogP contribution in [0.15, 0.2) is 22.2 Å². The molecule has 0 radical (unpaired) electrons. The predicted molar refractivity (Wildman–Crippen MR) is 128 cm³/mol. The van der Waals surface area contributed by atoms with Crippen molar-refractivity contribution in [3.05, 3.63) is 39.2 Å². The Morgan fingerprint density at radius 1 is 1.12 bits per heavy atom. The zero-order chi connectivity index (χ0) is 22.9. The van der Waals surface area contributed by atoms with Gasteiger partial charge in [0.2, 0.25) is 0 Å². The number of allylic oxidation sites excluding steroid dienone is 3. The third-order valence-electron chi connectivity index (χ3n) is 7.26. The molecule has 0 aromatic carbocycles. The highest BCUT2D eigenvalue weighted by Crippen LogP contribution is 2.46. The maximum atomic E-state index is 16.2. The first-order chi connectivity index (χ1) is 15.2. The first-order valence-electron chi connectivity index (χ1n) is 11.3. The topological polar surface area (TPSA) is 33.3 Å². The van der Waals surface area contributed by atoms with E-state index in [4.69, 9.17) is 9.72 Å². The molecule has 170 valence electrons. The maximum absolute atomic E-state index is 16.2. The molecule has 0 unspecified atom stereocenters. The first-order valence-corrected chi connectivity index (χ1v) is 12.1. The first kappa shape index (κ1) is 21.6. The number of fused-ring (bicyclic) bond motifs is 2. The van der Waals surface area contributed by atoms with E-state index in [0.29, 0.717) is 36.0 Å². The van der Waals surface area contributed by atoms with Crippen molar-refractivity contribution in [1.82, 2.24) is 9.46 Å². The highest BCUT2D eigenvalue weighted by molar-refractivity contribution is 7.14. The van der Waals surface area contributed by atoms with E-state index in [2.05, 4.69) is 4.90 Å². The second kappa shape index (κ2) is 7.38. The Kier molecular flexibility index (Phi) is 4.98. The van der Waals surface area contributed by atoms with E-state index >= 15 is 8.63 Å². The summed E-state index contributed by atoms with van der Waals surface area (Å²) < 4.78 is 40.3. The number of hydrogen-bond donors (Lipinski definition) is 0. The Morgan fingerprint density at radius 3 is 2.47 bits per heavy atom. The monoisotopic (exact) mass is 458 g/mol. The largest absolute Gasteiger partial charge is 0.737 e. The molecule has 5 nitrogen and oxygen atoms in total. The summed E-state index contributed by atoms with van der Waals surface area (Å²) in [6.07, 6.45) is 0.748. The van der Waals surface area contributed by atoms with Crippen LogP contribution in [0.2, 0.25) is 0 Å². The highest BCUT2D eigenvalue weighted by Gasteiger charge is 2.56. The summed E-state index contributed by atoms with van der Waals surface area (Å²) in [6, 6.07) is 0. The van der Waals surface area contributed by atoms with Gasteiger partial charge in [0.05, 0.1) is 18.9 Å². The number of hydrogen-bond acceptors (Lipinski definition) is 4. The molecule has 2 aromatic heterocycles. The quantitative estimate of drug-likeness (QED) is 0.590. The number of ether oxygens (including phenoxy) is 1. The van der Waals surface area contributed by atoms with Crippen LogP contribution >= 0.6 is 11.3 Å². The number of aromatic nitrogens is 2. The van der Waals surface area contributed by atoms with Gasteiger partial charge in [-0.05, 0) is 45.4 Å². The number of halogens is 2. The summed E-state index contributed by atoms with van der Waals surface area (Å²) in [5.74, 6) is 0. The van der Waals surface area contributed by atoms with Gasteiger partial charge >= 0.3 is 6.97 Å². The van der Waals surface area contributed by atoms with Crippen LogP contribution in [0.1, 0.15) is 51.1 Å². The highest BCUT2D eigenvalue weighted by atomic mass is 32.1. The molecule has 0 spiro atoms. The zero-order valence-electron chi connectivity index (χ0n) is 19.6. The maximum Gasteiger partial charge on any atom is 0.737 e. The summed E-state index contributed by atoms with van der Waals surface area (Å²) in [7, 11) is 0. The van der Waals surface area contributed by atoms with E-state index in [9.17, 15) is 0 Å². The lowest BCUT2D eigenvalue weighted by Gasteiger charge is -2.33. The minimum Gasteiger partial charge on any atom is -0.393 e. The van der Waals surface area contributed by atoms with Crippen LogP contribution in [0.3, 0.4) is 0 Å². The summed E-state index contributed by atoms with van der Waals surface area (Å²) in [6.45, 7) is 10.6. The molecule has 0 bridgehead atoms. The molecule has 9 heteroatoms. The van der Waals surface area contributed by atoms with Gasteiger partial charge < -0.3 is 27.2 Å². The van der Waals surface area contributed by atoms with Crippen LogP contribution in [0.4, 0.5) is 13.8 Å².